The third-order valence-corrected chi connectivity index (χ3v) is 5.34. The molecule has 1 heteroatoms. The molecule has 3 aliphatic carbocycles. The second kappa shape index (κ2) is 4.01. The van der Waals surface area contributed by atoms with Crippen LogP contribution in [0.2, 0.25) is 0 Å². The van der Waals surface area contributed by atoms with Crippen LogP contribution in [0.3, 0.4) is 0 Å². The zero-order valence-electron chi connectivity index (χ0n) is 12.8. The maximum atomic E-state index is 13.3. The SMILES string of the molecule is O=c1c2c(c3cccc4c3=c1c1ccccc14)-c1ccccc1C=2. The second-order valence-corrected chi connectivity index (χ2v) is 6.50. The molecular formula is C23H12O. The molecule has 0 saturated heterocycles. The molecule has 0 aliphatic heterocycles. The molecule has 1 nitrogen and oxygen atoms in total. The fourth-order valence-corrected chi connectivity index (χ4v) is 4.39. The highest BCUT2D eigenvalue weighted by Gasteiger charge is 2.20. The van der Waals surface area contributed by atoms with Crippen LogP contribution in [-0.2, 0) is 0 Å². The standard InChI is InChI=1S/C23H12O/c24-23-19-12-13-6-1-2-7-14(13)20(19)18-11-5-10-16-15-8-3-4-9-17(15)22(23)21(16)18/h1-12H. The van der Waals surface area contributed by atoms with Crippen LogP contribution in [0.25, 0.3) is 38.7 Å². The van der Waals surface area contributed by atoms with Crippen molar-refractivity contribution in [2.24, 2.45) is 0 Å². The Morgan fingerprint density at radius 3 is 2.17 bits per heavy atom. The van der Waals surface area contributed by atoms with Crippen LogP contribution in [-0.4, -0.2) is 0 Å². The van der Waals surface area contributed by atoms with E-state index in [2.05, 4.69) is 48.5 Å². The number of benzene rings is 3. The lowest BCUT2D eigenvalue weighted by Gasteiger charge is -2.05. The van der Waals surface area contributed by atoms with Gasteiger partial charge in [-0.1, -0.05) is 66.7 Å². The Hall–Kier alpha value is -3.19. The largest absolute Gasteiger partial charge is 0.289 e. The van der Waals surface area contributed by atoms with Gasteiger partial charge in [0.2, 0.25) is 0 Å². The molecule has 0 fully saturated rings. The smallest absolute Gasteiger partial charge is 0.194 e. The van der Waals surface area contributed by atoms with Crippen molar-refractivity contribution < 1.29 is 0 Å². The molecule has 0 amide bonds. The van der Waals surface area contributed by atoms with Crippen LogP contribution in [0.5, 0.6) is 0 Å². The first kappa shape index (κ1) is 12.3. The van der Waals surface area contributed by atoms with Gasteiger partial charge in [0.05, 0.1) is 0 Å². The lowest BCUT2D eigenvalue weighted by atomic mass is 9.97. The molecule has 0 heterocycles. The molecule has 0 radical (unpaired) electrons. The highest BCUT2D eigenvalue weighted by molar-refractivity contribution is 6.06. The minimum atomic E-state index is 0.158. The van der Waals surface area contributed by atoms with Gasteiger partial charge in [0.25, 0.3) is 0 Å². The predicted octanol–water partition coefficient (Wildman–Crippen LogP) is 4.04. The van der Waals surface area contributed by atoms with Crippen molar-refractivity contribution in [2.45, 2.75) is 0 Å². The zero-order chi connectivity index (χ0) is 15.8. The van der Waals surface area contributed by atoms with Crippen molar-refractivity contribution in [3.8, 4) is 11.1 Å². The van der Waals surface area contributed by atoms with Gasteiger partial charge in [-0.3, -0.25) is 4.79 Å². The van der Waals surface area contributed by atoms with E-state index < -0.39 is 0 Å². The summed E-state index contributed by atoms with van der Waals surface area (Å²) in [5.74, 6) is 0. The average molecular weight is 304 g/mol. The van der Waals surface area contributed by atoms with E-state index in [-0.39, 0.29) is 5.43 Å². The van der Waals surface area contributed by atoms with Crippen molar-refractivity contribution in [2.75, 3.05) is 0 Å². The van der Waals surface area contributed by atoms with E-state index in [9.17, 15) is 4.79 Å². The summed E-state index contributed by atoms with van der Waals surface area (Å²) in [4.78, 5) is 13.3. The molecule has 0 N–H and O–H groups in total. The molecule has 110 valence electrons. The Morgan fingerprint density at radius 2 is 1.25 bits per heavy atom. The van der Waals surface area contributed by atoms with Crippen molar-refractivity contribution in [3.05, 3.63) is 98.2 Å². The van der Waals surface area contributed by atoms with E-state index in [1.807, 2.05) is 24.3 Å². The Bertz CT molecular complexity index is 1460. The van der Waals surface area contributed by atoms with Crippen LogP contribution < -0.4 is 10.6 Å². The topological polar surface area (TPSA) is 17.1 Å². The van der Waals surface area contributed by atoms with E-state index in [1.165, 1.54) is 21.7 Å². The lowest BCUT2D eigenvalue weighted by Crippen LogP contribution is -2.25. The first-order chi connectivity index (χ1) is 11.8. The van der Waals surface area contributed by atoms with Crippen molar-refractivity contribution in [1.82, 2.24) is 0 Å². The minimum Gasteiger partial charge on any atom is -0.289 e. The average Bonchev–Trinajstić information content (AvgIpc) is 3.17. The van der Waals surface area contributed by atoms with Crippen LogP contribution in [0.1, 0.15) is 5.56 Å². The molecule has 3 aliphatic rings. The van der Waals surface area contributed by atoms with Crippen molar-refractivity contribution >= 4 is 27.6 Å². The van der Waals surface area contributed by atoms with Gasteiger partial charge in [0.15, 0.2) is 5.43 Å². The maximum Gasteiger partial charge on any atom is 0.194 e. The molecule has 0 aromatic heterocycles. The van der Waals surface area contributed by atoms with Gasteiger partial charge in [-0.05, 0) is 38.7 Å². The quantitative estimate of drug-likeness (QED) is 0.414. The molecule has 0 saturated carbocycles. The number of fused-ring (bicyclic) bond motifs is 7. The summed E-state index contributed by atoms with van der Waals surface area (Å²) in [5, 5.41) is 7.45. The summed E-state index contributed by atoms with van der Waals surface area (Å²) in [6, 6.07) is 22.9. The molecule has 24 heavy (non-hydrogen) atoms. The summed E-state index contributed by atoms with van der Waals surface area (Å²) in [5.41, 5.74) is 3.57. The van der Waals surface area contributed by atoms with E-state index in [4.69, 9.17) is 0 Å². The van der Waals surface area contributed by atoms with Gasteiger partial charge in [-0.2, -0.15) is 0 Å². The molecule has 0 bridgehead atoms. The zero-order valence-corrected chi connectivity index (χ0v) is 12.8. The number of hydrogen-bond acceptors (Lipinski definition) is 1. The van der Waals surface area contributed by atoms with E-state index in [0.29, 0.717) is 0 Å². The predicted molar refractivity (Wildman–Crippen MR) is 98.4 cm³/mol. The molecule has 3 aromatic rings. The van der Waals surface area contributed by atoms with E-state index >= 15 is 0 Å². The minimum absolute atomic E-state index is 0.158. The monoisotopic (exact) mass is 304 g/mol. The summed E-state index contributed by atoms with van der Waals surface area (Å²) >= 11 is 0. The van der Waals surface area contributed by atoms with Gasteiger partial charge >= 0.3 is 0 Å². The summed E-state index contributed by atoms with van der Waals surface area (Å²) in [6.07, 6.45) is 2.05. The normalized spacial score (nSPS) is 12.7. The Balaban J connectivity index is 2.06. The van der Waals surface area contributed by atoms with Gasteiger partial charge < -0.3 is 0 Å². The van der Waals surface area contributed by atoms with Crippen molar-refractivity contribution in [1.29, 1.82) is 0 Å². The third kappa shape index (κ3) is 1.26. The summed E-state index contributed by atoms with van der Waals surface area (Å²) in [6.45, 7) is 0. The van der Waals surface area contributed by atoms with E-state index in [0.717, 1.165) is 32.2 Å². The Morgan fingerprint density at radius 1 is 0.583 bits per heavy atom. The molecule has 0 unspecified atom stereocenters. The molecular weight excluding hydrogens is 292 g/mol. The Kier molecular flexibility index (Phi) is 2.05. The van der Waals surface area contributed by atoms with Gasteiger partial charge in [0.1, 0.15) is 0 Å². The molecule has 6 rings (SSSR count). The molecule has 0 atom stereocenters. The number of hydrogen-bond donors (Lipinski definition) is 0. The Labute approximate surface area is 137 Å². The summed E-state index contributed by atoms with van der Waals surface area (Å²) < 4.78 is 0. The van der Waals surface area contributed by atoms with Crippen molar-refractivity contribution in [3.63, 3.8) is 0 Å². The number of rotatable bonds is 0. The highest BCUT2D eigenvalue weighted by Crippen LogP contribution is 2.34. The van der Waals surface area contributed by atoms with Crippen LogP contribution >= 0.6 is 0 Å². The van der Waals surface area contributed by atoms with Crippen LogP contribution in [0.4, 0.5) is 0 Å². The third-order valence-electron chi connectivity index (χ3n) is 5.34. The van der Waals surface area contributed by atoms with Crippen LogP contribution in [0, 0.1) is 10.4 Å². The maximum absolute atomic E-state index is 13.3. The van der Waals surface area contributed by atoms with E-state index in [1.54, 1.807) is 0 Å². The fraction of sp³-hybridized carbons (Fsp3) is 0. The second-order valence-electron chi connectivity index (χ2n) is 6.50. The highest BCUT2D eigenvalue weighted by atomic mass is 16.1. The first-order valence-electron chi connectivity index (χ1n) is 8.18. The summed E-state index contributed by atoms with van der Waals surface area (Å²) in [7, 11) is 0. The fourth-order valence-electron chi connectivity index (χ4n) is 4.39. The van der Waals surface area contributed by atoms with Crippen LogP contribution in [0.15, 0.2) is 71.5 Å². The molecule has 0 spiro atoms. The van der Waals surface area contributed by atoms with Gasteiger partial charge in [0, 0.05) is 21.2 Å². The van der Waals surface area contributed by atoms with Gasteiger partial charge in [-0.25, -0.2) is 0 Å². The van der Waals surface area contributed by atoms with Gasteiger partial charge in [-0.15, -0.1) is 0 Å². The molecule has 3 aromatic carbocycles. The lowest BCUT2D eigenvalue weighted by molar-refractivity contribution is 1.47. The first-order valence-corrected chi connectivity index (χ1v) is 8.18.